The van der Waals surface area contributed by atoms with E-state index in [9.17, 15) is 8.42 Å². The molecule has 21 heavy (non-hydrogen) atoms. The van der Waals surface area contributed by atoms with Gasteiger partial charge in [0.15, 0.2) is 0 Å². The molecule has 0 amide bonds. The molecule has 0 bridgehead atoms. The maximum absolute atomic E-state index is 12.2. The van der Waals surface area contributed by atoms with Crippen molar-refractivity contribution in [3.63, 3.8) is 0 Å². The third-order valence-corrected chi connectivity index (χ3v) is 3.88. The first-order valence-corrected chi connectivity index (χ1v) is 7.34. The standard InChI is InChI=1S/C11H15N5O4S/c1-19-9-4-10(20-2)15-11(14-9)16-21(17,18)8-3-7(5-12)13-6-8/h3-4,6,13H,5,12H2,1-2H3,(H,14,15,16). The van der Waals surface area contributed by atoms with Crippen molar-refractivity contribution in [2.75, 3.05) is 18.9 Å². The van der Waals surface area contributed by atoms with Crippen LogP contribution < -0.4 is 19.9 Å². The molecular weight excluding hydrogens is 298 g/mol. The van der Waals surface area contributed by atoms with Crippen molar-refractivity contribution in [2.24, 2.45) is 5.73 Å². The number of nitrogens with two attached hydrogens (primary N) is 1. The quantitative estimate of drug-likeness (QED) is 0.688. The number of nitrogens with zero attached hydrogens (tertiary/aromatic N) is 2. The third kappa shape index (κ3) is 3.41. The van der Waals surface area contributed by atoms with Crippen LogP contribution in [0.2, 0.25) is 0 Å². The van der Waals surface area contributed by atoms with Gasteiger partial charge in [-0.3, -0.25) is 0 Å². The van der Waals surface area contributed by atoms with Gasteiger partial charge in [0.1, 0.15) is 4.90 Å². The number of hydrogen-bond acceptors (Lipinski definition) is 7. The summed E-state index contributed by atoms with van der Waals surface area (Å²) in [4.78, 5) is 10.6. The summed E-state index contributed by atoms with van der Waals surface area (Å²) in [5.41, 5.74) is 6.03. The summed E-state index contributed by atoms with van der Waals surface area (Å²) in [6, 6.07) is 2.86. The molecule has 10 heteroatoms. The zero-order valence-electron chi connectivity index (χ0n) is 11.5. The van der Waals surface area contributed by atoms with Gasteiger partial charge in [-0.2, -0.15) is 9.97 Å². The van der Waals surface area contributed by atoms with E-state index >= 15 is 0 Å². The molecule has 0 fully saturated rings. The fraction of sp³-hybridized carbons (Fsp3) is 0.273. The number of H-pyrrole nitrogens is 1. The average Bonchev–Trinajstić information content (AvgIpc) is 2.96. The second kappa shape index (κ2) is 5.97. The second-order valence-electron chi connectivity index (χ2n) is 3.95. The SMILES string of the molecule is COc1cc(OC)nc(NS(=O)(=O)c2c[nH]c(CN)c2)n1. The predicted octanol–water partition coefficient (Wildman–Crippen LogP) is 0.0814. The maximum Gasteiger partial charge on any atom is 0.265 e. The number of methoxy groups -OCH3 is 2. The van der Waals surface area contributed by atoms with Crippen molar-refractivity contribution < 1.29 is 17.9 Å². The van der Waals surface area contributed by atoms with Gasteiger partial charge < -0.3 is 20.2 Å². The van der Waals surface area contributed by atoms with Crippen LogP contribution in [0.5, 0.6) is 11.8 Å². The van der Waals surface area contributed by atoms with E-state index in [0.717, 1.165) is 0 Å². The molecule has 2 rings (SSSR count). The first kappa shape index (κ1) is 15.1. The number of ether oxygens (including phenoxy) is 2. The van der Waals surface area contributed by atoms with Crippen LogP contribution in [0, 0.1) is 0 Å². The third-order valence-electron chi connectivity index (χ3n) is 2.57. The van der Waals surface area contributed by atoms with E-state index in [0.29, 0.717) is 5.69 Å². The van der Waals surface area contributed by atoms with E-state index in [2.05, 4.69) is 19.7 Å². The Bertz CT molecular complexity index is 706. The van der Waals surface area contributed by atoms with Crippen molar-refractivity contribution in [2.45, 2.75) is 11.4 Å². The van der Waals surface area contributed by atoms with E-state index in [1.54, 1.807) is 0 Å². The Morgan fingerprint density at radius 3 is 2.33 bits per heavy atom. The van der Waals surface area contributed by atoms with Gasteiger partial charge >= 0.3 is 0 Å². The van der Waals surface area contributed by atoms with Crippen LogP contribution in [0.1, 0.15) is 5.69 Å². The van der Waals surface area contributed by atoms with E-state index in [1.807, 2.05) is 0 Å². The van der Waals surface area contributed by atoms with Gasteiger partial charge in [-0.1, -0.05) is 0 Å². The average molecular weight is 313 g/mol. The van der Waals surface area contributed by atoms with Crippen LogP contribution in [0.4, 0.5) is 5.95 Å². The molecule has 0 saturated carbocycles. The van der Waals surface area contributed by atoms with Crippen molar-refractivity contribution in [3.05, 3.63) is 24.0 Å². The first-order valence-electron chi connectivity index (χ1n) is 5.85. The van der Waals surface area contributed by atoms with Gasteiger partial charge in [-0.15, -0.1) is 0 Å². The molecule has 0 aliphatic carbocycles. The zero-order valence-corrected chi connectivity index (χ0v) is 12.3. The minimum atomic E-state index is -3.83. The van der Waals surface area contributed by atoms with Gasteiger partial charge in [0.05, 0.1) is 20.3 Å². The smallest absolute Gasteiger partial charge is 0.265 e. The number of anilines is 1. The van der Waals surface area contributed by atoms with Crippen LogP contribution >= 0.6 is 0 Å². The molecule has 0 atom stereocenters. The van der Waals surface area contributed by atoms with Crippen molar-refractivity contribution >= 4 is 16.0 Å². The molecule has 2 aromatic rings. The van der Waals surface area contributed by atoms with Gasteiger partial charge in [0, 0.05) is 18.4 Å². The van der Waals surface area contributed by atoms with Crippen LogP contribution in [0.25, 0.3) is 0 Å². The Morgan fingerprint density at radius 2 is 1.86 bits per heavy atom. The minimum absolute atomic E-state index is 0.0355. The molecule has 0 saturated heterocycles. The van der Waals surface area contributed by atoms with Crippen LogP contribution in [0.3, 0.4) is 0 Å². The summed E-state index contributed by atoms with van der Waals surface area (Å²) >= 11 is 0. The number of aromatic amines is 1. The lowest BCUT2D eigenvalue weighted by Crippen LogP contribution is -2.15. The van der Waals surface area contributed by atoms with Gasteiger partial charge in [-0.05, 0) is 6.07 Å². The summed E-state index contributed by atoms with van der Waals surface area (Å²) in [6.45, 7) is 0.207. The normalized spacial score (nSPS) is 11.2. The molecular formula is C11H15N5O4S. The van der Waals surface area contributed by atoms with Crippen molar-refractivity contribution in [1.82, 2.24) is 15.0 Å². The number of sulfonamides is 1. The highest BCUT2D eigenvalue weighted by Gasteiger charge is 2.18. The highest BCUT2D eigenvalue weighted by Crippen LogP contribution is 2.20. The number of rotatable bonds is 6. The summed E-state index contributed by atoms with van der Waals surface area (Å²) in [5.74, 6) is 0.203. The molecule has 0 aliphatic rings. The summed E-state index contributed by atoms with van der Waals surface area (Å²) in [5, 5.41) is 0. The van der Waals surface area contributed by atoms with E-state index in [-0.39, 0.29) is 29.1 Å². The molecule has 2 heterocycles. The Hall–Kier alpha value is -2.33. The first-order chi connectivity index (χ1) is 9.98. The van der Waals surface area contributed by atoms with Gasteiger partial charge in [-0.25, -0.2) is 13.1 Å². The van der Waals surface area contributed by atoms with Gasteiger partial charge in [0.2, 0.25) is 17.7 Å². The molecule has 9 nitrogen and oxygen atoms in total. The highest BCUT2D eigenvalue weighted by atomic mass is 32.2. The molecule has 0 aromatic carbocycles. The molecule has 2 aromatic heterocycles. The maximum atomic E-state index is 12.2. The van der Waals surface area contributed by atoms with Crippen molar-refractivity contribution in [3.8, 4) is 11.8 Å². The molecule has 0 radical (unpaired) electrons. The number of hydrogen-bond donors (Lipinski definition) is 3. The topological polar surface area (TPSA) is 132 Å². The Labute approximate surface area is 121 Å². The molecule has 0 aliphatic heterocycles. The van der Waals surface area contributed by atoms with Crippen LogP contribution in [0.15, 0.2) is 23.2 Å². The van der Waals surface area contributed by atoms with Crippen molar-refractivity contribution in [1.29, 1.82) is 0 Å². The number of nitrogens with one attached hydrogen (secondary N) is 2. The van der Waals surface area contributed by atoms with Gasteiger partial charge in [0.25, 0.3) is 10.0 Å². The monoisotopic (exact) mass is 313 g/mol. The Balaban J connectivity index is 2.31. The molecule has 0 spiro atoms. The summed E-state index contributed by atoms with van der Waals surface area (Å²) in [6.07, 6.45) is 1.34. The minimum Gasteiger partial charge on any atom is -0.481 e. The fourth-order valence-electron chi connectivity index (χ4n) is 1.53. The molecule has 114 valence electrons. The lowest BCUT2D eigenvalue weighted by molar-refractivity contribution is 0.373. The van der Waals surface area contributed by atoms with E-state index < -0.39 is 10.0 Å². The molecule has 0 unspecified atom stereocenters. The van der Waals surface area contributed by atoms with Crippen LogP contribution in [-0.2, 0) is 16.6 Å². The predicted molar refractivity (Wildman–Crippen MR) is 74.6 cm³/mol. The van der Waals surface area contributed by atoms with Crippen LogP contribution in [-0.4, -0.2) is 37.6 Å². The van der Waals surface area contributed by atoms with E-state index in [1.165, 1.54) is 32.5 Å². The molecule has 4 N–H and O–H groups in total. The Morgan fingerprint density at radius 1 is 1.24 bits per heavy atom. The van der Waals surface area contributed by atoms with E-state index in [4.69, 9.17) is 15.2 Å². The fourth-order valence-corrected chi connectivity index (χ4v) is 2.49. The lowest BCUT2D eigenvalue weighted by atomic mass is 10.4. The number of aromatic nitrogens is 3. The summed E-state index contributed by atoms with van der Waals surface area (Å²) in [7, 11) is -1.02. The lowest BCUT2D eigenvalue weighted by Gasteiger charge is -2.08. The second-order valence-corrected chi connectivity index (χ2v) is 5.63. The Kier molecular flexibility index (Phi) is 4.29. The largest absolute Gasteiger partial charge is 0.481 e. The zero-order chi connectivity index (χ0) is 15.5. The summed E-state index contributed by atoms with van der Waals surface area (Å²) < 4.78 is 36.5. The highest BCUT2D eigenvalue weighted by molar-refractivity contribution is 7.92.